The second-order valence-electron chi connectivity index (χ2n) is 7.65. The lowest BCUT2D eigenvalue weighted by atomic mass is 10.0. The van der Waals surface area contributed by atoms with Crippen molar-refractivity contribution in [2.45, 2.75) is 6.92 Å². The maximum absolute atomic E-state index is 6.16. The van der Waals surface area contributed by atoms with Crippen molar-refractivity contribution >= 4 is 21.9 Å². The Balaban J connectivity index is 1.56. The second kappa shape index (κ2) is 7.39. The molecule has 152 valence electrons. The first kappa shape index (κ1) is 18.4. The number of hydrogen-bond donors (Lipinski definition) is 0. The van der Waals surface area contributed by atoms with Gasteiger partial charge in [0.15, 0.2) is 11.6 Å². The third kappa shape index (κ3) is 2.94. The molecule has 0 atom stereocenters. The quantitative estimate of drug-likeness (QED) is 0.332. The van der Waals surface area contributed by atoms with E-state index in [0.29, 0.717) is 11.6 Å². The third-order valence-corrected chi connectivity index (χ3v) is 5.67. The lowest BCUT2D eigenvalue weighted by Gasteiger charge is -2.09. The topological polar surface area (TPSA) is 64.7 Å². The molecule has 0 aliphatic carbocycles. The Labute approximate surface area is 184 Å². The first-order chi connectivity index (χ1) is 15.8. The molecule has 6 rings (SSSR count). The molecule has 0 aliphatic heterocycles. The number of benzene rings is 3. The fourth-order valence-electron chi connectivity index (χ4n) is 4.18. The molecular formula is C27H18N4O. The molecule has 3 heterocycles. The van der Waals surface area contributed by atoms with Gasteiger partial charge >= 0.3 is 0 Å². The molecule has 6 aromatic rings. The van der Waals surface area contributed by atoms with Gasteiger partial charge in [-0.2, -0.15) is 0 Å². The molecule has 3 aromatic carbocycles. The second-order valence-corrected chi connectivity index (χ2v) is 7.65. The molecule has 0 saturated heterocycles. The van der Waals surface area contributed by atoms with Crippen molar-refractivity contribution in [3.63, 3.8) is 0 Å². The van der Waals surface area contributed by atoms with Gasteiger partial charge in [-0.25, -0.2) is 15.0 Å². The predicted molar refractivity (Wildman–Crippen MR) is 126 cm³/mol. The largest absolute Gasteiger partial charge is 0.456 e. The highest BCUT2D eigenvalue weighted by Gasteiger charge is 2.17. The minimum Gasteiger partial charge on any atom is -0.456 e. The number of aromatic nitrogens is 4. The summed E-state index contributed by atoms with van der Waals surface area (Å²) >= 11 is 0. The third-order valence-electron chi connectivity index (χ3n) is 5.67. The van der Waals surface area contributed by atoms with Crippen molar-refractivity contribution in [1.82, 2.24) is 19.9 Å². The first-order valence-electron chi connectivity index (χ1n) is 10.4. The van der Waals surface area contributed by atoms with E-state index in [1.807, 2.05) is 60.8 Å². The predicted octanol–water partition coefficient (Wildman–Crippen LogP) is 6.48. The smallest absolute Gasteiger partial charge is 0.164 e. The van der Waals surface area contributed by atoms with Crippen molar-refractivity contribution in [2.75, 3.05) is 0 Å². The molecular weight excluding hydrogens is 396 g/mol. The van der Waals surface area contributed by atoms with Gasteiger partial charge in [-0.05, 0) is 30.2 Å². The summed E-state index contributed by atoms with van der Waals surface area (Å²) < 4.78 is 6.16. The van der Waals surface area contributed by atoms with E-state index >= 15 is 0 Å². The number of furan rings is 1. The van der Waals surface area contributed by atoms with Crippen LogP contribution in [0.5, 0.6) is 0 Å². The van der Waals surface area contributed by atoms with Crippen LogP contribution in [0.1, 0.15) is 5.56 Å². The lowest BCUT2D eigenvalue weighted by Crippen LogP contribution is -1.97. The Morgan fingerprint density at radius 3 is 2.34 bits per heavy atom. The van der Waals surface area contributed by atoms with Crippen LogP contribution in [0.15, 0.2) is 95.9 Å². The number of fused-ring (bicyclic) bond motifs is 3. The summed E-state index contributed by atoms with van der Waals surface area (Å²) in [6.45, 7) is 2.06. The Hall–Kier alpha value is -4.38. The molecule has 5 heteroatoms. The molecule has 0 fully saturated rings. The molecule has 32 heavy (non-hydrogen) atoms. The molecule has 0 aliphatic rings. The van der Waals surface area contributed by atoms with E-state index in [4.69, 9.17) is 9.40 Å². The summed E-state index contributed by atoms with van der Waals surface area (Å²) in [5.74, 6) is 1.24. The van der Waals surface area contributed by atoms with Crippen molar-refractivity contribution < 1.29 is 4.42 Å². The van der Waals surface area contributed by atoms with Crippen LogP contribution < -0.4 is 0 Å². The molecule has 0 spiro atoms. The van der Waals surface area contributed by atoms with Crippen LogP contribution in [0.4, 0.5) is 0 Å². The van der Waals surface area contributed by atoms with Gasteiger partial charge in [0.2, 0.25) is 0 Å². The number of hydrogen-bond acceptors (Lipinski definition) is 5. The maximum Gasteiger partial charge on any atom is 0.164 e. The molecule has 0 unspecified atom stereocenters. The fraction of sp³-hybridized carbons (Fsp3) is 0.0370. The Morgan fingerprint density at radius 1 is 0.719 bits per heavy atom. The Kier molecular flexibility index (Phi) is 4.25. The minimum absolute atomic E-state index is 0.616. The van der Waals surface area contributed by atoms with Gasteiger partial charge in [0, 0.05) is 39.9 Å². The monoisotopic (exact) mass is 414 g/mol. The molecule has 0 bridgehead atoms. The molecule has 0 radical (unpaired) electrons. The summed E-state index contributed by atoms with van der Waals surface area (Å²) in [7, 11) is 0. The highest BCUT2D eigenvalue weighted by atomic mass is 16.3. The van der Waals surface area contributed by atoms with Crippen LogP contribution in [-0.2, 0) is 0 Å². The maximum atomic E-state index is 6.16. The van der Waals surface area contributed by atoms with Crippen LogP contribution in [0, 0.1) is 6.92 Å². The van der Waals surface area contributed by atoms with E-state index < -0.39 is 0 Å². The zero-order valence-corrected chi connectivity index (χ0v) is 17.4. The normalized spacial score (nSPS) is 11.3. The van der Waals surface area contributed by atoms with Gasteiger partial charge in [0.1, 0.15) is 17.5 Å². The van der Waals surface area contributed by atoms with Crippen molar-refractivity contribution in [1.29, 1.82) is 0 Å². The van der Waals surface area contributed by atoms with E-state index in [2.05, 4.69) is 40.1 Å². The van der Waals surface area contributed by atoms with E-state index in [0.717, 1.165) is 49.8 Å². The first-order valence-corrected chi connectivity index (χ1v) is 10.4. The van der Waals surface area contributed by atoms with Gasteiger partial charge < -0.3 is 4.42 Å². The number of para-hydroxylation sites is 1. The summed E-state index contributed by atoms with van der Waals surface area (Å²) in [4.78, 5) is 18.2. The van der Waals surface area contributed by atoms with Crippen molar-refractivity contribution in [2.24, 2.45) is 0 Å². The molecule has 0 saturated carbocycles. The molecule has 3 aromatic heterocycles. The lowest BCUT2D eigenvalue weighted by molar-refractivity contribution is 0.666. The van der Waals surface area contributed by atoms with Gasteiger partial charge in [-0.15, -0.1) is 0 Å². The number of nitrogens with zero attached hydrogens (tertiary/aromatic N) is 4. The zero-order chi connectivity index (χ0) is 21.5. The number of rotatable bonds is 3. The Bertz CT molecular complexity index is 1590. The minimum atomic E-state index is 0.616. The average Bonchev–Trinajstić information content (AvgIpc) is 3.25. The number of aryl methyl sites for hydroxylation is 1. The van der Waals surface area contributed by atoms with Crippen molar-refractivity contribution in [3.05, 3.63) is 97.1 Å². The zero-order valence-electron chi connectivity index (χ0n) is 17.4. The van der Waals surface area contributed by atoms with Crippen LogP contribution in [0.2, 0.25) is 0 Å². The van der Waals surface area contributed by atoms with Gasteiger partial charge in [0.25, 0.3) is 0 Å². The summed E-state index contributed by atoms with van der Waals surface area (Å²) in [6.07, 6.45) is 5.19. The van der Waals surface area contributed by atoms with Crippen LogP contribution in [-0.4, -0.2) is 19.9 Å². The van der Waals surface area contributed by atoms with Crippen LogP contribution in [0.25, 0.3) is 55.8 Å². The van der Waals surface area contributed by atoms with Gasteiger partial charge in [0.05, 0.1) is 0 Å². The highest BCUT2D eigenvalue weighted by Crippen LogP contribution is 2.37. The van der Waals surface area contributed by atoms with E-state index in [1.54, 1.807) is 12.5 Å². The molecule has 0 N–H and O–H groups in total. The highest BCUT2D eigenvalue weighted by molar-refractivity contribution is 6.12. The Morgan fingerprint density at radius 2 is 1.50 bits per heavy atom. The van der Waals surface area contributed by atoms with Gasteiger partial charge in [-0.3, -0.25) is 4.98 Å². The summed E-state index contributed by atoms with van der Waals surface area (Å²) in [5, 5.41) is 2.08. The standard InChI is InChI=1S/C27H18N4O/c1-17-7-4-11-21-24-22(12-5-13-23(24)32-25(17)21)27-30-16-29-26(31-27)20-10-3-2-9-19(20)18-8-6-14-28-15-18/h2-16H,1H3. The number of pyridine rings is 1. The van der Waals surface area contributed by atoms with E-state index in [1.165, 1.54) is 0 Å². The van der Waals surface area contributed by atoms with Crippen LogP contribution >= 0.6 is 0 Å². The van der Waals surface area contributed by atoms with Crippen molar-refractivity contribution in [3.8, 4) is 33.9 Å². The van der Waals surface area contributed by atoms with E-state index in [9.17, 15) is 0 Å². The SMILES string of the molecule is Cc1cccc2c1oc1cccc(-c3ncnc(-c4ccccc4-c4cccnc4)n3)c12. The molecule has 5 nitrogen and oxygen atoms in total. The van der Waals surface area contributed by atoms with Crippen LogP contribution in [0.3, 0.4) is 0 Å². The average molecular weight is 414 g/mol. The fourth-order valence-corrected chi connectivity index (χ4v) is 4.18. The van der Waals surface area contributed by atoms with Gasteiger partial charge in [-0.1, -0.05) is 60.7 Å². The van der Waals surface area contributed by atoms with E-state index in [-0.39, 0.29) is 0 Å². The summed E-state index contributed by atoms with van der Waals surface area (Å²) in [5.41, 5.74) is 6.73. The summed E-state index contributed by atoms with van der Waals surface area (Å²) in [6, 6.07) is 24.2. The molecule has 0 amide bonds.